The maximum Gasteiger partial charge on any atom is 0.257 e. The Balaban J connectivity index is 1.87. The van der Waals surface area contributed by atoms with Crippen molar-refractivity contribution in [3.63, 3.8) is 0 Å². The van der Waals surface area contributed by atoms with Crippen LogP contribution < -0.4 is 5.32 Å². The van der Waals surface area contributed by atoms with Gasteiger partial charge in [0.1, 0.15) is 0 Å². The number of carbonyl (C=O) groups is 1. The smallest absolute Gasteiger partial charge is 0.257 e. The Bertz CT molecular complexity index is 944. The first-order valence-electron chi connectivity index (χ1n) is 8.24. The number of sulfonamides is 1. The number of hydrogen-bond donors (Lipinski definition) is 1. The van der Waals surface area contributed by atoms with Gasteiger partial charge in [0.05, 0.1) is 28.7 Å². The fourth-order valence-electron chi connectivity index (χ4n) is 2.67. The fraction of sp³-hybridized carbons (Fsp3) is 0.278. The summed E-state index contributed by atoms with van der Waals surface area (Å²) in [6, 6.07) is 11.5. The van der Waals surface area contributed by atoms with Crippen LogP contribution in [0.2, 0.25) is 5.02 Å². The largest absolute Gasteiger partial charge is 0.379 e. The molecule has 1 heterocycles. The van der Waals surface area contributed by atoms with Crippen molar-refractivity contribution in [2.24, 2.45) is 0 Å². The van der Waals surface area contributed by atoms with Gasteiger partial charge in [-0.2, -0.15) is 4.31 Å². The molecule has 3 rings (SSSR count). The number of halogens is 1. The van der Waals surface area contributed by atoms with Crippen LogP contribution in [0.3, 0.4) is 0 Å². The molecule has 0 radical (unpaired) electrons. The van der Waals surface area contributed by atoms with Gasteiger partial charge < -0.3 is 10.1 Å². The number of carbonyl (C=O) groups excluding carboxylic acids is 1. The Morgan fingerprint density at radius 1 is 1.19 bits per heavy atom. The number of amides is 1. The van der Waals surface area contributed by atoms with Crippen molar-refractivity contribution in [2.45, 2.75) is 9.79 Å². The minimum absolute atomic E-state index is 0.0387. The highest BCUT2D eigenvalue weighted by atomic mass is 35.5. The lowest BCUT2D eigenvalue weighted by molar-refractivity contribution is 0.0730. The summed E-state index contributed by atoms with van der Waals surface area (Å²) in [6.07, 6.45) is 1.94. The van der Waals surface area contributed by atoms with E-state index in [2.05, 4.69) is 5.32 Å². The van der Waals surface area contributed by atoms with E-state index < -0.39 is 15.9 Å². The molecule has 0 atom stereocenters. The highest BCUT2D eigenvalue weighted by Gasteiger charge is 2.27. The number of ether oxygens (including phenoxy) is 1. The molecule has 2 aromatic rings. The van der Waals surface area contributed by atoms with E-state index in [0.29, 0.717) is 18.9 Å². The zero-order valence-corrected chi connectivity index (χ0v) is 17.0. The highest BCUT2D eigenvalue weighted by Crippen LogP contribution is 2.25. The first-order valence-corrected chi connectivity index (χ1v) is 11.3. The third kappa shape index (κ3) is 4.64. The lowest BCUT2D eigenvalue weighted by Gasteiger charge is -2.26. The topological polar surface area (TPSA) is 75.7 Å². The second-order valence-electron chi connectivity index (χ2n) is 5.84. The Kier molecular flexibility index (Phi) is 6.44. The molecule has 0 aliphatic carbocycles. The van der Waals surface area contributed by atoms with Crippen molar-refractivity contribution in [1.29, 1.82) is 0 Å². The van der Waals surface area contributed by atoms with Crippen molar-refractivity contribution in [3.8, 4) is 0 Å². The molecule has 6 nitrogen and oxygen atoms in total. The van der Waals surface area contributed by atoms with Gasteiger partial charge in [-0.15, -0.1) is 11.8 Å². The molecule has 1 amide bonds. The van der Waals surface area contributed by atoms with E-state index in [4.69, 9.17) is 16.3 Å². The highest BCUT2D eigenvalue weighted by molar-refractivity contribution is 7.98. The number of nitrogens with one attached hydrogen (secondary N) is 1. The Hall–Kier alpha value is -1.58. The summed E-state index contributed by atoms with van der Waals surface area (Å²) in [7, 11) is -3.71. The Morgan fingerprint density at radius 3 is 2.63 bits per heavy atom. The maximum absolute atomic E-state index is 12.8. The lowest BCUT2D eigenvalue weighted by Crippen LogP contribution is -2.40. The summed E-state index contributed by atoms with van der Waals surface area (Å²) in [5, 5.41) is 2.96. The molecular weight excluding hydrogens is 408 g/mol. The second-order valence-corrected chi connectivity index (χ2v) is 9.07. The molecule has 2 aromatic carbocycles. The minimum atomic E-state index is -3.71. The van der Waals surface area contributed by atoms with E-state index in [0.717, 1.165) is 4.90 Å². The van der Waals surface area contributed by atoms with E-state index in [-0.39, 0.29) is 28.6 Å². The Labute approximate surface area is 167 Å². The predicted molar refractivity (Wildman–Crippen MR) is 107 cm³/mol. The molecule has 1 N–H and O–H groups in total. The van der Waals surface area contributed by atoms with Crippen LogP contribution in [-0.4, -0.2) is 51.2 Å². The van der Waals surface area contributed by atoms with Crippen LogP contribution in [-0.2, 0) is 14.8 Å². The molecule has 0 aromatic heterocycles. The van der Waals surface area contributed by atoms with E-state index in [9.17, 15) is 13.2 Å². The average Bonchev–Trinajstić information content (AvgIpc) is 2.69. The molecule has 27 heavy (non-hydrogen) atoms. The van der Waals surface area contributed by atoms with Crippen molar-refractivity contribution in [2.75, 3.05) is 37.9 Å². The summed E-state index contributed by atoms with van der Waals surface area (Å²) in [4.78, 5) is 13.7. The van der Waals surface area contributed by atoms with Gasteiger partial charge in [-0.1, -0.05) is 17.7 Å². The maximum atomic E-state index is 12.8. The second kappa shape index (κ2) is 8.62. The Morgan fingerprint density at radius 2 is 1.93 bits per heavy atom. The number of benzene rings is 2. The number of thioether (sulfide) groups is 1. The normalized spacial score (nSPS) is 15.5. The van der Waals surface area contributed by atoms with Crippen molar-refractivity contribution in [1.82, 2.24) is 4.31 Å². The number of anilines is 1. The number of nitrogens with zero attached hydrogens (tertiary/aromatic N) is 1. The van der Waals surface area contributed by atoms with Gasteiger partial charge in [-0.3, -0.25) is 4.79 Å². The summed E-state index contributed by atoms with van der Waals surface area (Å²) in [6.45, 7) is 1.28. The molecule has 0 bridgehead atoms. The number of hydrogen-bond acceptors (Lipinski definition) is 5. The molecule has 0 unspecified atom stereocenters. The third-order valence-corrected chi connectivity index (χ3v) is 7.07. The molecule has 1 aliphatic rings. The van der Waals surface area contributed by atoms with Gasteiger partial charge in [0.15, 0.2) is 0 Å². The molecule has 0 spiro atoms. The molecule has 0 saturated carbocycles. The SMILES string of the molecule is CSc1cccc(NC(=O)c2cc(S(=O)(=O)N3CCOCC3)ccc2Cl)c1. The number of rotatable bonds is 5. The molecule has 1 fully saturated rings. The van der Waals surface area contributed by atoms with Gasteiger partial charge in [-0.05, 0) is 42.7 Å². The zero-order chi connectivity index (χ0) is 19.4. The van der Waals surface area contributed by atoms with Gasteiger partial charge in [0, 0.05) is 23.7 Å². The van der Waals surface area contributed by atoms with Gasteiger partial charge in [-0.25, -0.2) is 8.42 Å². The van der Waals surface area contributed by atoms with Crippen molar-refractivity contribution < 1.29 is 17.9 Å². The molecule has 9 heteroatoms. The van der Waals surface area contributed by atoms with Crippen LogP contribution in [0, 0.1) is 0 Å². The van der Waals surface area contributed by atoms with Gasteiger partial charge in [0.25, 0.3) is 5.91 Å². The molecule has 1 saturated heterocycles. The standard InChI is InChI=1S/C18H19ClN2O4S2/c1-26-14-4-2-3-13(11-14)20-18(22)16-12-15(5-6-17(16)19)27(23,24)21-7-9-25-10-8-21/h2-6,11-12H,7-10H2,1H3,(H,20,22). The monoisotopic (exact) mass is 426 g/mol. The van der Waals surface area contributed by atoms with E-state index in [1.54, 1.807) is 17.8 Å². The summed E-state index contributed by atoms with van der Waals surface area (Å²) in [5.41, 5.74) is 0.727. The van der Waals surface area contributed by atoms with Crippen LogP contribution in [0.25, 0.3) is 0 Å². The fourth-order valence-corrected chi connectivity index (χ4v) is 4.77. The first kappa shape index (κ1) is 20.2. The zero-order valence-electron chi connectivity index (χ0n) is 14.6. The lowest BCUT2D eigenvalue weighted by atomic mass is 10.2. The van der Waals surface area contributed by atoms with Crippen LogP contribution in [0.4, 0.5) is 5.69 Å². The predicted octanol–water partition coefficient (Wildman–Crippen LogP) is 3.34. The van der Waals surface area contributed by atoms with Crippen molar-refractivity contribution in [3.05, 3.63) is 53.1 Å². The average molecular weight is 427 g/mol. The van der Waals surface area contributed by atoms with Crippen LogP contribution >= 0.6 is 23.4 Å². The van der Waals surface area contributed by atoms with Crippen LogP contribution in [0.5, 0.6) is 0 Å². The molecule has 1 aliphatic heterocycles. The van der Waals surface area contributed by atoms with E-state index >= 15 is 0 Å². The van der Waals surface area contributed by atoms with E-state index in [1.807, 2.05) is 24.5 Å². The van der Waals surface area contributed by atoms with Gasteiger partial charge >= 0.3 is 0 Å². The minimum Gasteiger partial charge on any atom is -0.379 e. The summed E-state index contributed by atoms with van der Waals surface area (Å²) < 4.78 is 32.2. The van der Waals surface area contributed by atoms with Gasteiger partial charge in [0.2, 0.25) is 10.0 Å². The molecule has 144 valence electrons. The van der Waals surface area contributed by atoms with Crippen molar-refractivity contribution >= 4 is 45.0 Å². The van der Waals surface area contributed by atoms with Crippen LogP contribution in [0.15, 0.2) is 52.3 Å². The van der Waals surface area contributed by atoms with Crippen LogP contribution in [0.1, 0.15) is 10.4 Å². The summed E-state index contributed by atoms with van der Waals surface area (Å²) in [5.74, 6) is -0.461. The van der Waals surface area contributed by atoms with E-state index in [1.165, 1.54) is 22.5 Å². The third-order valence-electron chi connectivity index (χ3n) is 4.12. The number of morpholine rings is 1. The quantitative estimate of drug-likeness (QED) is 0.742. The summed E-state index contributed by atoms with van der Waals surface area (Å²) >= 11 is 7.72. The first-order chi connectivity index (χ1) is 12.9. The molecular formula is C18H19ClN2O4S2.